The van der Waals surface area contributed by atoms with E-state index in [4.69, 9.17) is 5.32 Å². The van der Waals surface area contributed by atoms with E-state index in [1.54, 1.807) is 0 Å². The molecule has 0 atom stereocenters. The molecule has 0 aliphatic heterocycles. The molecule has 37 heavy (non-hydrogen) atoms. The molecular weight excluding hydrogens is 446 g/mol. The van der Waals surface area contributed by atoms with E-state index < -0.39 is 0 Å². The van der Waals surface area contributed by atoms with Crippen LogP contribution in [0.25, 0.3) is 64.6 Å². The first-order valence-electron chi connectivity index (χ1n) is 12.7. The Hall–Kier alpha value is -4.88. The quantitative estimate of drug-likeness (QED) is 0.224. The molecule has 0 spiro atoms. The summed E-state index contributed by atoms with van der Waals surface area (Å²) < 4.78 is 0. The maximum Gasteiger partial charge on any atom is 0.0715 e. The van der Waals surface area contributed by atoms with Crippen molar-refractivity contribution in [3.05, 3.63) is 133 Å². The summed E-state index contributed by atoms with van der Waals surface area (Å²) in [6, 6.07) is 48.3. The Morgan fingerprint density at radius 1 is 0.270 bits per heavy atom. The van der Waals surface area contributed by atoms with E-state index >= 15 is 0 Å². The third-order valence-electron chi connectivity index (χ3n) is 7.60. The fourth-order valence-corrected chi connectivity index (χ4v) is 5.73. The molecule has 1 radical (unpaired) electrons. The van der Waals surface area contributed by atoms with Crippen LogP contribution in [0.4, 0.5) is 11.4 Å². The minimum absolute atomic E-state index is 0.999. The van der Waals surface area contributed by atoms with E-state index in [1.807, 2.05) is 0 Å². The SMILES string of the molecule is c1ccc2cc3cc4c([N]c5cccc6cc7cc8ccccc8cc7cc56)cccc4cc3cc2c1. The molecule has 0 N–H and O–H groups in total. The average Bonchev–Trinajstić information content (AvgIpc) is 2.93. The number of hydrogen-bond acceptors (Lipinski definition) is 0. The Morgan fingerprint density at radius 2 is 0.595 bits per heavy atom. The van der Waals surface area contributed by atoms with Gasteiger partial charge >= 0.3 is 0 Å². The molecule has 0 aliphatic rings. The second-order valence-corrected chi connectivity index (χ2v) is 9.91. The molecule has 1 heteroatoms. The summed E-state index contributed by atoms with van der Waals surface area (Å²) in [6.45, 7) is 0. The van der Waals surface area contributed by atoms with Gasteiger partial charge in [-0.3, -0.25) is 0 Å². The second kappa shape index (κ2) is 7.81. The van der Waals surface area contributed by atoms with Crippen LogP contribution >= 0.6 is 0 Å². The van der Waals surface area contributed by atoms with E-state index in [9.17, 15) is 0 Å². The molecular formula is C36H22N. The van der Waals surface area contributed by atoms with E-state index in [2.05, 4.69) is 133 Å². The Balaban J connectivity index is 1.30. The highest BCUT2D eigenvalue weighted by Gasteiger charge is 2.10. The number of benzene rings is 8. The summed E-state index contributed by atoms with van der Waals surface area (Å²) in [4.78, 5) is 0. The van der Waals surface area contributed by atoms with Gasteiger partial charge < -0.3 is 0 Å². The normalized spacial score (nSPS) is 11.8. The topological polar surface area (TPSA) is 14.1 Å². The molecule has 8 aromatic rings. The van der Waals surface area contributed by atoms with Crippen molar-refractivity contribution >= 4 is 76.0 Å². The van der Waals surface area contributed by atoms with Gasteiger partial charge in [0.05, 0.1) is 11.4 Å². The fraction of sp³-hybridized carbons (Fsp3) is 0. The molecule has 0 fully saturated rings. The molecule has 171 valence electrons. The molecule has 1 nitrogen and oxygen atoms in total. The lowest BCUT2D eigenvalue weighted by molar-refractivity contribution is 1.22. The van der Waals surface area contributed by atoms with Crippen LogP contribution < -0.4 is 5.32 Å². The maximum absolute atomic E-state index is 5.24. The van der Waals surface area contributed by atoms with Gasteiger partial charge in [0.2, 0.25) is 0 Å². The molecule has 0 unspecified atom stereocenters. The minimum atomic E-state index is 0.999. The van der Waals surface area contributed by atoms with Crippen LogP contribution in [0.1, 0.15) is 0 Å². The molecule has 0 saturated carbocycles. The van der Waals surface area contributed by atoms with E-state index in [-0.39, 0.29) is 0 Å². The predicted molar refractivity (Wildman–Crippen MR) is 159 cm³/mol. The smallest absolute Gasteiger partial charge is 0.0715 e. The van der Waals surface area contributed by atoms with Gasteiger partial charge in [0.25, 0.3) is 0 Å². The Bertz CT molecular complexity index is 2010. The molecule has 0 amide bonds. The van der Waals surface area contributed by atoms with Crippen LogP contribution in [0.3, 0.4) is 0 Å². The van der Waals surface area contributed by atoms with Gasteiger partial charge in [-0.15, -0.1) is 0 Å². The zero-order valence-electron chi connectivity index (χ0n) is 20.1. The molecule has 0 aromatic heterocycles. The van der Waals surface area contributed by atoms with Gasteiger partial charge in [0, 0.05) is 10.8 Å². The van der Waals surface area contributed by atoms with Crippen molar-refractivity contribution in [1.82, 2.24) is 5.32 Å². The highest BCUT2D eigenvalue weighted by Crippen LogP contribution is 2.36. The maximum atomic E-state index is 5.24. The first kappa shape index (κ1) is 20.3. The highest BCUT2D eigenvalue weighted by molar-refractivity contribution is 6.10. The summed E-state index contributed by atoms with van der Waals surface area (Å²) in [5.74, 6) is 0. The standard InChI is InChI=1S/C36H22N/c1-3-9-25-17-31-21-33-27(19-29(31)15-23(25)7-1)11-5-13-35(33)37-36-14-6-12-28-20-30-16-24-8-2-4-10-26(24)18-32(30)22-34(28)36/h1-22H. The molecule has 0 saturated heterocycles. The largest absolute Gasteiger partial charge is 0.248 e. The Labute approximate surface area is 214 Å². The molecule has 0 heterocycles. The monoisotopic (exact) mass is 468 g/mol. The Kier molecular flexibility index (Phi) is 4.29. The zero-order chi connectivity index (χ0) is 24.3. The van der Waals surface area contributed by atoms with E-state index in [1.165, 1.54) is 64.6 Å². The van der Waals surface area contributed by atoms with Crippen molar-refractivity contribution < 1.29 is 0 Å². The second-order valence-electron chi connectivity index (χ2n) is 9.91. The Morgan fingerprint density at radius 3 is 1.00 bits per heavy atom. The summed E-state index contributed by atoms with van der Waals surface area (Å²) in [5, 5.41) is 20.1. The van der Waals surface area contributed by atoms with Gasteiger partial charge in [-0.1, -0.05) is 72.8 Å². The van der Waals surface area contributed by atoms with Crippen molar-refractivity contribution in [3.63, 3.8) is 0 Å². The average molecular weight is 469 g/mol. The van der Waals surface area contributed by atoms with Crippen molar-refractivity contribution in [2.75, 3.05) is 0 Å². The molecule has 0 bridgehead atoms. The lowest BCUT2D eigenvalue weighted by Crippen LogP contribution is -1.92. The van der Waals surface area contributed by atoms with Crippen LogP contribution in [-0.4, -0.2) is 0 Å². The van der Waals surface area contributed by atoms with E-state index in [0.717, 1.165) is 11.4 Å². The van der Waals surface area contributed by atoms with Gasteiger partial charge in [-0.2, -0.15) is 0 Å². The number of hydrogen-bond donors (Lipinski definition) is 0. The zero-order valence-corrected chi connectivity index (χ0v) is 20.1. The van der Waals surface area contributed by atoms with Crippen LogP contribution in [-0.2, 0) is 0 Å². The van der Waals surface area contributed by atoms with Crippen LogP contribution in [0, 0.1) is 0 Å². The number of fused-ring (bicyclic) bond motifs is 6. The van der Waals surface area contributed by atoms with Crippen molar-refractivity contribution in [3.8, 4) is 0 Å². The molecule has 8 aromatic carbocycles. The fourth-order valence-electron chi connectivity index (χ4n) is 5.73. The van der Waals surface area contributed by atoms with Crippen LogP contribution in [0.5, 0.6) is 0 Å². The van der Waals surface area contributed by atoms with Crippen LogP contribution in [0.15, 0.2) is 133 Å². The van der Waals surface area contributed by atoms with Gasteiger partial charge in [0.1, 0.15) is 0 Å². The summed E-state index contributed by atoms with van der Waals surface area (Å²) in [7, 11) is 0. The van der Waals surface area contributed by atoms with Gasteiger partial charge in [-0.05, 0) is 115 Å². The third-order valence-corrected chi connectivity index (χ3v) is 7.60. The van der Waals surface area contributed by atoms with Crippen molar-refractivity contribution in [1.29, 1.82) is 0 Å². The molecule has 0 aliphatic carbocycles. The molecule has 8 rings (SSSR count). The number of nitrogens with zero attached hydrogens (tertiary/aromatic N) is 1. The lowest BCUT2D eigenvalue weighted by atomic mass is 9.98. The van der Waals surface area contributed by atoms with Gasteiger partial charge in [0.15, 0.2) is 0 Å². The summed E-state index contributed by atoms with van der Waals surface area (Å²) in [5.41, 5.74) is 2.00. The first-order valence-corrected chi connectivity index (χ1v) is 12.7. The third kappa shape index (κ3) is 3.32. The minimum Gasteiger partial charge on any atom is -0.248 e. The van der Waals surface area contributed by atoms with E-state index in [0.29, 0.717) is 0 Å². The predicted octanol–water partition coefficient (Wildman–Crippen LogP) is 10.2. The summed E-state index contributed by atoms with van der Waals surface area (Å²) in [6.07, 6.45) is 0. The lowest BCUT2D eigenvalue weighted by Gasteiger charge is -2.12. The van der Waals surface area contributed by atoms with Crippen molar-refractivity contribution in [2.45, 2.75) is 0 Å². The summed E-state index contributed by atoms with van der Waals surface area (Å²) >= 11 is 0. The number of rotatable bonds is 2. The first-order chi connectivity index (χ1) is 18.3. The van der Waals surface area contributed by atoms with Crippen LogP contribution in [0.2, 0.25) is 0 Å². The van der Waals surface area contributed by atoms with Crippen molar-refractivity contribution in [2.24, 2.45) is 0 Å². The van der Waals surface area contributed by atoms with Gasteiger partial charge in [-0.25, -0.2) is 5.32 Å². The highest BCUT2D eigenvalue weighted by atomic mass is 14.9.